The second-order valence-corrected chi connectivity index (χ2v) is 5.76. The topological polar surface area (TPSA) is 61.0 Å². The minimum atomic E-state index is 0.415. The molecule has 1 aliphatic rings. The van der Waals surface area contributed by atoms with Crippen molar-refractivity contribution < 1.29 is 4.74 Å². The molecular formula is C13H11BrClN3O. The third-order valence-electron chi connectivity index (χ3n) is 2.79. The lowest BCUT2D eigenvalue weighted by Crippen LogP contribution is -2.00. The summed E-state index contributed by atoms with van der Waals surface area (Å²) in [7, 11) is 0. The van der Waals surface area contributed by atoms with Gasteiger partial charge in [0.25, 0.3) is 0 Å². The number of nitrogen functional groups attached to an aromatic ring is 1. The monoisotopic (exact) mass is 339 g/mol. The van der Waals surface area contributed by atoms with Gasteiger partial charge in [-0.2, -0.15) is 4.98 Å². The lowest BCUT2D eigenvalue weighted by molar-refractivity contribution is 0.459. The number of aromatic nitrogens is 2. The van der Waals surface area contributed by atoms with Crippen molar-refractivity contribution in [3.8, 4) is 11.6 Å². The largest absolute Gasteiger partial charge is 0.437 e. The van der Waals surface area contributed by atoms with Crippen LogP contribution in [0.4, 0.5) is 5.82 Å². The van der Waals surface area contributed by atoms with E-state index in [1.165, 1.54) is 0 Å². The molecule has 1 aromatic heterocycles. The Labute approximate surface area is 124 Å². The number of nitrogens with two attached hydrogens (primary N) is 1. The average molecular weight is 341 g/mol. The Kier molecular flexibility index (Phi) is 3.33. The molecule has 1 aliphatic carbocycles. The molecule has 1 heterocycles. The lowest BCUT2D eigenvalue weighted by atomic mass is 10.3. The van der Waals surface area contributed by atoms with Gasteiger partial charge in [-0.15, -0.1) is 0 Å². The number of hydrogen-bond donors (Lipinski definition) is 1. The van der Waals surface area contributed by atoms with E-state index >= 15 is 0 Å². The minimum absolute atomic E-state index is 0.415. The highest BCUT2D eigenvalue weighted by molar-refractivity contribution is 9.10. The highest BCUT2D eigenvalue weighted by atomic mass is 79.9. The number of rotatable bonds is 3. The van der Waals surface area contributed by atoms with Crippen molar-refractivity contribution >= 4 is 33.3 Å². The van der Waals surface area contributed by atoms with E-state index in [2.05, 4.69) is 25.9 Å². The van der Waals surface area contributed by atoms with Crippen LogP contribution in [0.1, 0.15) is 24.6 Å². The van der Waals surface area contributed by atoms with Crippen LogP contribution >= 0.6 is 27.5 Å². The Morgan fingerprint density at radius 3 is 2.79 bits per heavy atom. The van der Waals surface area contributed by atoms with Crippen molar-refractivity contribution in [3.63, 3.8) is 0 Å². The molecule has 0 atom stereocenters. The molecule has 6 heteroatoms. The fraction of sp³-hybridized carbons (Fsp3) is 0.231. The molecule has 98 valence electrons. The lowest BCUT2D eigenvalue weighted by Gasteiger charge is -2.09. The summed E-state index contributed by atoms with van der Waals surface area (Å²) in [5.74, 6) is 2.55. The maximum Gasteiger partial charge on any atom is 0.224 e. The van der Waals surface area contributed by atoms with Crippen LogP contribution in [0, 0.1) is 0 Å². The fourth-order valence-electron chi connectivity index (χ4n) is 1.71. The Hall–Kier alpha value is -1.33. The maximum atomic E-state index is 6.08. The molecule has 0 bridgehead atoms. The van der Waals surface area contributed by atoms with Crippen molar-refractivity contribution in [3.05, 3.63) is 39.6 Å². The van der Waals surface area contributed by atoms with Crippen LogP contribution in [0.25, 0.3) is 0 Å². The standard InChI is InChI=1S/C13H11BrClN3O/c14-8-3-4-9(15)10(5-8)19-12-6-11(16)17-13(18-12)7-1-2-7/h3-7H,1-2H2,(H2,16,17,18). The average Bonchev–Trinajstić information content (AvgIpc) is 3.17. The molecule has 4 nitrogen and oxygen atoms in total. The summed E-state index contributed by atoms with van der Waals surface area (Å²) in [4.78, 5) is 8.60. The van der Waals surface area contributed by atoms with E-state index in [1.807, 2.05) is 6.07 Å². The summed E-state index contributed by atoms with van der Waals surface area (Å²) in [6.07, 6.45) is 2.22. The van der Waals surface area contributed by atoms with Gasteiger partial charge in [-0.25, -0.2) is 4.98 Å². The summed E-state index contributed by atoms with van der Waals surface area (Å²) in [6.45, 7) is 0. The molecule has 1 aromatic carbocycles. The van der Waals surface area contributed by atoms with Crippen molar-refractivity contribution in [2.75, 3.05) is 5.73 Å². The second-order valence-electron chi connectivity index (χ2n) is 4.44. The molecule has 2 N–H and O–H groups in total. The van der Waals surface area contributed by atoms with Crippen molar-refractivity contribution in [2.45, 2.75) is 18.8 Å². The molecule has 1 saturated carbocycles. The van der Waals surface area contributed by atoms with Crippen molar-refractivity contribution in [1.82, 2.24) is 9.97 Å². The third kappa shape index (κ3) is 2.98. The molecule has 0 aliphatic heterocycles. The van der Waals surface area contributed by atoms with Gasteiger partial charge < -0.3 is 10.5 Å². The molecule has 1 fully saturated rings. The maximum absolute atomic E-state index is 6.08. The Bertz CT molecular complexity index is 631. The van der Waals surface area contributed by atoms with E-state index in [1.54, 1.807) is 18.2 Å². The van der Waals surface area contributed by atoms with Crippen LogP contribution in [-0.2, 0) is 0 Å². The number of benzene rings is 1. The summed E-state index contributed by atoms with van der Waals surface area (Å²) in [5.41, 5.74) is 5.77. The normalized spacial score (nSPS) is 14.4. The molecule has 2 aromatic rings. The fourth-order valence-corrected chi connectivity index (χ4v) is 2.20. The predicted octanol–water partition coefficient (Wildman–Crippen LogP) is 4.14. The first-order valence-electron chi connectivity index (χ1n) is 5.89. The summed E-state index contributed by atoms with van der Waals surface area (Å²) < 4.78 is 6.58. The molecule has 19 heavy (non-hydrogen) atoms. The van der Waals surface area contributed by atoms with Crippen molar-refractivity contribution in [1.29, 1.82) is 0 Å². The van der Waals surface area contributed by atoms with Crippen LogP contribution in [0.3, 0.4) is 0 Å². The summed E-state index contributed by atoms with van der Waals surface area (Å²) >= 11 is 9.46. The van der Waals surface area contributed by atoms with Gasteiger partial charge in [0.05, 0.1) is 5.02 Å². The zero-order chi connectivity index (χ0) is 13.4. The highest BCUT2D eigenvalue weighted by Crippen LogP contribution is 2.39. The molecule has 0 radical (unpaired) electrons. The van der Waals surface area contributed by atoms with E-state index < -0.39 is 0 Å². The first kappa shape index (κ1) is 12.7. The predicted molar refractivity (Wildman–Crippen MR) is 77.6 cm³/mol. The van der Waals surface area contributed by atoms with E-state index in [9.17, 15) is 0 Å². The molecule has 0 spiro atoms. The van der Waals surface area contributed by atoms with Gasteiger partial charge in [-0.1, -0.05) is 27.5 Å². The number of hydrogen-bond acceptors (Lipinski definition) is 4. The summed E-state index contributed by atoms with van der Waals surface area (Å²) in [6, 6.07) is 6.99. The van der Waals surface area contributed by atoms with Gasteiger partial charge in [0.15, 0.2) is 0 Å². The Balaban J connectivity index is 1.92. The second kappa shape index (κ2) is 4.98. The first-order valence-corrected chi connectivity index (χ1v) is 7.06. The smallest absolute Gasteiger partial charge is 0.224 e. The van der Waals surface area contributed by atoms with Crippen LogP contribution in [0.5, 0.6) is 11.6 Å². The molecule has 0 amide bonds. The van der Waals surface area contributed by atoms with Gasteiger partial charge in [0, 0.05) is 16.5 Å². The first-order chi connectivity index (χ1) is 9.11. The van der Waals surface area contributed by atoms with Crippen molar-refractivity contribution in [2.24, 2.45) is 0 Å². The van der Waals surface area contributed by atoms with Gasteiger partial charge >= 0.3 is 0 Å². The molecular weight excluding hydrogens is 330 g/mol. The van der Waals surface area contributed by atoms with Crippen LogP contribution in [0.2, 0.25) is 5.02 Å². The number of halogens is 2. The van der Waals surface area contributed by atoms with Crippen LogP contribution in [-0.4, -0.2) is 9.97 Å². The molecule has 0 saturated heterocycles. The van der Waals surface area contributed by atoms with Gasteiger partial charge in [-0.3, -0.25) is 0 Å². The van der Waals surface area contributed by atoms with Gasteiger partial charge in [0.1, 0.15) is 17.4 Å². The number of anilines is 1. The highest BCUT2D eigenvalue weighted by Gasteiger charge is 2.27. The van der Waals surface area contributed by atoms with Crippen LogP contribution in [0.15, 0.2) is 28.7 Å². The minimum Gasteiger partial charge on any atom is -0.437 e. The Morgan fingerprint density at radius 2 is 2.05 bits per heavy atom. The van der Waals surface area contributed by atoms with Gasteiger partial charge in [-0.05, 0) is 31.0 Å². The van der Waals surface area contributed by atoms with E-state index in [0.29, 0.717) is 28.4 Å². The van der Waals surface area contributed by atoms with Crippen LogP contribution < -0.4 is 10.5 Å². The van der Waals surface area contributed by atoms with E-state index in [0.717, 1.165) is 23.1 Å². The zero-order valence-corrected chi connectivity index (χ0v) is 12.3. The summed E-state index contributed by atoms with van der Waals surface area (Å²) in [5, 5.41) is 0.522. The zero-order valence-electron chi connectivity index (χ0n) is 9.94. The van der Waals surface area contributed by atoms with Gasteiger partial charge in [0.2, 0.25) is 5.88 Å². The third-order valence-corrected chi connectivity index (χ3v) is 3.60. The SMILES string of the molecule is Nc1cc(Oc2cc(Br)ccc2Cl)nc(C2CC2)n1. The molecule has 0 unspecified atom stereocenters. The quantitative estimate of drug-likeness (QED) is 0.912. The molecule has 3 rings (SSSR count). The Morgan fingerprint density at radius 1 is 1.26 bits per heavy atom. The van der Waals surface area contributed by atoms with E-state index in [4.69, 9.17) is 22.1 Å². The number of nitrogens with zero attached hydrogens (tertiary/aromatic N) is 2. The number of ether oxygens (including phenoxy) is 1. The van der Waals surface area contributed by atoms with E-state index in [-0.39, 0.29) is 0 Å².